The number of carbonyl (C=O) groups is 1. The lowest BCUT2D eigenvalue weighted by atomic mass is 10.1. The predicted octanol–water partition coefficient (Wildman–Crippen LogP) is 3.09. The molecule has 0 bridgehead atoms. The van der Waals surface area contributed by atoms with Crippen molar-refractivity contribution in [3.8, 4) is 11.1 Å². The average Bonchev–Trinajstić information content (AvgIpc) is 2.71. The molecule has 0 unspecified atom stereocenters. The number of hydrogen-bond acceptors (Lipinski definition) is 2. The molecular formula is C16H13NO. The van der Waals surface area contributed by atoms with E-state index in [1.54, 1.807) is 6.92 Å². The third kappa shape index (κ3) is 1.66. The van der Waals surface area contributed by atoms with Crippen molar-refractivity contribution in [2.24, 2.45) is 4.99 Å². The lowest BCUT2D eigenvalue weighted by Gasteiger charge is -2.00. The average molecular weight is 235 g/mol. The first-order chi connectivity index (χ1) is 8.77. The van der Waals surface area contributed by atoms with Crippen molar-refractivity contribution >= 4 is 11.5 Å². The maximum absolute atomic E-state index is 11.1. The van der Waals surface area contributed by atoms with Crippen molar-refractivity contribution in [1.29, 1.82) is 0 Å². The first-order valence-corrected chi connectivity index (χ1v) is 6.00. The van der Waals surface area contributed by atoms with Crippen molar-refractivity contribution in [3.63, 3.8) is 0 Å². The van der Waals surface area contributed by atoms with Crippen LogP contribution in [0.4, 0.5) is 0 Å². The van der Waals surface area contributed by atoms with E-state index < -0.39 is 0 Å². The van der Waals surface area contributed by atoms with Gasteiger partial charge in [0.05, 0.1) is 12.3 Å². The molecular weight excluding hydrogens is 222 g/mol. The standard InChI is InChI=1S/C16H13NO/c1-11(18)10-17-16-14-8-4-2-6-12(14)13-7-3-5-9-15(13)16/h2-9H,10H2,1H3. The van der Waals surface area contributed by atoms with Crippen molar-refractivity contribution in [2.75, 3.05) is 6.54 Å². The van der Waals surface area contributed by atoms with Crippen molar-refractivity contribution < 1.29 is 4.79 Å². The smallest absolute Gasteiger partial charge is 0.151 e. The number of nitrogens with zero attached hydrogens (tertiary/aromatic N) is 1. The molecule has 88 valence electrons. The molecule has 0 spiro atoms. The van der Waals surface area contributed by atoms with Crippen LogP contribution in [0.2, 0.25) is 0 Å². The number of aliphatic imine (C=N–C) groups is 1. The Hall–Kier alpha value is -2.22. The van der Waals surface area contributed by atoms with Gasteiger partial charge in [0, 0.05) is 11.1 Å². The third-order valence-electron chi connectivity index (χ3n) is 3.11. The molecule has 0 atom stereocenters. The summed E-state index contributed by atoms with van der Waals surface area (Å²) in [5.74, 6) is 0.0874. The number of hydrogen-bond donors (Lipinski definition) is 0. The van der Waals surface area contributed by atoms with Crippen molar-refractivity contribution in [3.05, 3.63) is 59.7 Å². The summed E-state index contributed by atoms with van der Waals surface area (Å²) < 4.78 is 0. The summed E-state index contributed by atoms with van der Waals surface area (Å²) in [5, 5.41) is 0. The van der Waals surface area contributed by atoms with E-state index >= 15 is 0 Å². The van der Waals surface area contributed by atoms with E-state index in [-0.39, 0.29) is 12.3 Å². The highest BCUT2D eigenvalue weighted by atomic mass is 16.1. The minimum absolute atomic E-state index is 0.0874. The zero-order valence-corrected chi connectivity index (χ0v) is 10.2. The predicted molar refractivity (Wildman–Crippen MR) is 73.1 cm³/mol. The minimum Gasteiger partial charge on any atom is -0.298 e. The van der Waals surface area contributed by atoms with Gasteiger partial charge in [-0.25, -0.2) is 0 Å². The molecule has 0 heterocycles. The van der Waals surface area contributed by atoms with Crippen LogP contribution in [-0.2, 0) is 4.79 Å². The van der Waals surface area contributed by atoms with Gasteiger partial charge in [-0.15, -0.1) is 0 Å². The molecule has 2 heteroatoms. The molecule has 2 nitrogen and oxygen atoms in total. The molecule has 0 aromatic heterocycles. The van der Waals surface area contributed by atoms with Gasteiger partial charge in [0.1, 0.15) is 0 Å². The molecule has 0 amide bonds. The maximum atomic E-state index is 11.1. The van der Waals surface area contributed by atoms with E-state index in [0.717, 1.165) is 16.8 Å². The van der Waals surface area contributed by atoms with Crippen LogP contribution in [0.1, 0.15) is 18.1 Å². The van der Waals surface area contributed by atoms with Crippen LogP contribution >= 0.6 is 0 Å². The Morgan fingerprint density at radius 3 is 1.78 bits per heavy atom. The van der Waals surface area contributed by atoms with E-state index in [1.807, 2.05) is 24.3 Å². The lowest BCUT2D eigenvalue weighted by Crippen LogP contribution is -2.03. The number of ketones is 1. The van der Waals surface area contributed by atoms with E-state index in [0.29, 0.717) is 0 Å². The SMILES string of the molecule is CC(=O)CN=C1c2ccccc2-c2ccccc21. The molecule has 0 fully saturated rings. The van der Waals surface area contributed by atoms with Crippen molar-refractivity contribution in [1.82, 2.24) is 0 Å². The van der Waals surface area contributed by atoms with E-state index in [4.69, 9.17) is 0 Å². The fourth-order valence-corrected chi connectivity index (χ4v) is 2.35. The Morgan fingerprint density at radius 2 is 1.33 bits per heavy atom. The first-order valence-electron chi connectivity index (χ1n) is 6.00. The second-order valence-corrected chi connectivity index (χ2v) is 4.46. The highest BCUT2D eigenvalue weighted by Gasteiger charge is 2.23. The topological polar surface area (TPSA) is 29.4 Å². The van der Waals surface area contributed by atoms with E-state index in [1.165, 1.54) is 11.1 Å². The van der Waals surface area contributed by atoms with Crippen LogP contribution in [0.25, 0.3) is 11.1 Å². The molecule has 0 radical (unpaired) electrons. The molecule has 0 saturated heterocycles. The summed E-state index contributed by atoms with van der Waals surface area (Å²) in [4.78, 5) is 15.6. The maximum Gasteiger partial charge on any atom is 0.151 e. The number of fused-ring (bicyclic) bond motifs is 3. The summed E-state index contributed by atoms with van der Waals surface area (Å²) in [6, 6.07) is 16.4. The Bertz CT molecular complexity index is 608. The molecule has 3 rings (SSSR count). The molecule has 1 aliphatic carbocycles. The van der Waals surface area contributed by atoms with Gasteiger partial charge in [0.25, 0.3) is 0 Å². The van der Waals surface area contributed by atoms with Gasteiger partial charge in [-0.1, -0.05) is 48.5 Å². The van der Waals surface area contributed by atoms with Crippen LogP contribution in [0.5, 0.6) is 0 Å². The largest absolute Gasteiger partial charge is 0.298 e. The summed E-state index contributed by atoms with van der Waals surface area (Å²) in [6.45, 7) is 1.81. The van der Waals surface area contributed by atoms with Gasteiger partial charge in [-0.05, 0) is 18.1 Å². The molecule has 0 saturated carbocycles. The second kappa shape index (κ2) is 4.22. The summed E-state index contributed by atoms with van der Waals surface area (Å²) in [5.41, 5.74) is 5.60. The van der Waals surface area contributed by atoms with Crippen LogP contribution in [0.15, 0.2) is 53.5 Å². The molecule has 1 aliphatic rings. The molecule has 18 heavy (non-hydrogen) atoms. The summed E-state index contributed by atoms with van der Waals surface area (Å²) in [6.07, 6.45) is 0. The summed E-state index contributed by atoms with van der Waals surface area (Å²) >= 11 is 0. The van der Waals surface area contributed by atoms with Gasteiger partial charge in [-0.2, -0.15) is 0 Å². The van der Waals surface area contributed by atoms with Crippen LogP contribution in [0.3, 0.4) is 0 Å². The number of carbonyl (C=O) groups excluding carboxylic acids is 1. The van der Waals surface area contributed by atoms with Gasteiger partial charge >= 0.3 is 0 Å². The van der Waals surface area contributed by atoms with Crippen LogP contribution in [-0.4, -0.2) is 18.0 Å². The number of Topliss-reactive ketones (excluding diaryl/α,β-unsaturated/α-hetero) is 1. The number of benzene rings is 2. The summed E-state index contributed by atoms with van der Waals surface area (Å²) in [7, 11) is 0. The highest BCUT2D eigenvalue weighted by Crippen LogP contribution is 2.36. The highest BCUT2D eigenvalue weighted by molar-refractivity contribution is 6.24. The molecule has 0 N–H and O–H groups in total. The Labute approximate surface area is 106 Å². The zero-order chi connectivity index (χ0) is 12.5. The van der Waals surface area contributed by atoms with E-state index in [9.17, 15) is 4.79 Å². The lowest BCUT2D eigenvalue weighted by molar-refractivity contribution is -0.115. The third-order valence-corrected chi connectivity index (χ3v) is 3.11. The fraction of sp³-hybridized carbons (Fsp3) is 0.125. The Balaban J connectivity index is 2.21. The second-order valence-electron chi connectivity index (χ2n) is 4.46. The Kier molecular flexibility index (Phi) is 2.56. The minimum atomic E-state index is 0.0874. The van der Waals surface area contributed by atoms with Gasteiger partial charge in [0.2, 0.25) is 0 Å². The zero-order valence-electron chi connectivity index (χ0n) is 10.2. The molecule has 0 aliphatic heterocycles. The van der Waals surface area contributed by atoms with Crippen LogP contribution in [0, 0.1) is 0 Å². The fourth-order valence-electron chi connectivity index (χ4n) is 2.35. The van der Waals surface area contributed by atoms with Gasteiger partial charge in [0.15, 0.2) is 5.78 Å². The normalized spacial score (nSPS) is 11.9. The number of rotatable bonds is 2. The van der Waals surface area contributed by atoms with Crippen LogP contribution < -0.4 is 0 Å². The Morgan fingerprint density at radius 1 is 0.889 bits per heavy atom. The first kappa shape index (κ1) is 10.9. The molecule has 2 aromatic carbocycles. The van der Waals surface area contributed by atoms with E-state index in [2.05, 4.69) is 29.3 Å². The quantitative estimate of drug-likeness (QED) is 0.671. The molecule has 2 aromatic rings. The monoisotopic (exact) mass is 235 g/mol. The van der Waals surface area contributed by atoms with Gasteiger partial charge in [-0.3, -0.25) is 9.79 Å². The van der Waals surface area contributed by atoms with Gasteiger partial charge < -0.3 is 0 Å². The van der Waals surface area contributed by atoms with Crippen molar-refractivity contribution in [2.45, 2.75) is 6.92 Å².